The molecule has 0 saturated carbocycles. The first-order valence-electron chi connectivity index (χ1n) is 10.3. The molecule has 174 valence electrons. The molecule has 1 aliphatic heterocycles. The van der Waals surface area contributed by atoms with Gasteiger partial charge >= 0.3 is 0 Å². The molecule has 1 heterocycles. The minimum atomic E-state index is -3.64. The van der Waals surface area contributed by atoms with Gasteiger partial charge in [-0.2, -0.15) is 0 Å². The summed E-state index contributed by atoms with van der Waals surface area (Å²) >= 11 is 0. The second-order valence-electron chi connectivity index (χ2n) is 7.13. The molecule has 10 heteroatoms. The van der Waals surface area contributed by atoms with Crippen LogP contribution in [0.4, 0.5) is 5.69 Å². The van der Waals surface area contributed by atoms with Gasteiger partial charge < -0.3 is 24.3 Å². The number of amides is 1. The highest BCUT2D eigenvalue weighted by Gasteiger charge is 2.19. The van der Waals surface area contributed by atoms with E-state index in [2.05, 4.69) is 10.0 Å². The number of rotatable bonds is 11. The molecule has 2 aromatic rings. The molecule has 0 unspecified atom stereocenters. The highest BCUT2D eigenvalue weighted by molar-refractivity contribution is 7.89. The van der Waals surface area contributed by atoms with Crippen LogP contribution in [0.5, 0.6) is 23.0 Å². The van der Waals surface area contributed by atoms with Crippen molar-refractivity contribution >= 4 is 21.6 Å². The average molecular weight is 465 g/mol. The third-order valence-electron chi connectivity index (χ3n) is 4.88. The molecule has 2 aromatic carbocycles. The van der Waals surface area contributed by atoms with Gasteiger partial charge in [0, 0.05) is 25.1 Å². The number of fused-ring (bicyclic) bond motifs is 1. The van der Waals surface area contributed by atoms with Crippen LogP contribution in [0.2, 0.25) is 0 Å². The number of hydrogen-bond acceptors (Lipinski definition) is 7. The molecule has 2 N–H and O–H groups in total. The van der Waals surface area contributed by atoms with Crippen molar-refractivity contribution in [2.75, 3.05) is 39.3 Å². The van der Waals surface area contributed by atoms with E-state index in [0.29, 0.717) is 67.6 Å². The summed E-state index contributed by atoms with van der Waals surface area (Å²) in [5.74, 6) is 1.99. The Morgan fingerprint density at radius 1 is 0.969 bits per heavy atom. The molecule has 0 radical (unpaired) electrons. The summed E-state index contributed by atoms with van der Waals surface area (Å²) < 4.78 is 48.8. The number of unbranched alkanes of at least 4 members (excludes halogenated alkanes) is 2. The summed E-state index contributed by atoms with van der Waals surface area (Å²) in [5.41, 5.74) is 0.575. The van der Waals surface area contributed by atoms with E-state index >= 15 is 0 Å². The third kappa shape index (κ3) is 6.27. The molecular weight excluding hydrogens is 436 g/mol. The van der Waals surface area contributed by atoms with Crippen LogP contribution in [-0.2, 0) is 14.8 Å². The highest BCUT2D eigenvalue weighted by Crippen LogP contribution is 2.32. The number of carbonyl (C=O) groups is 1. The van der Waals surface area contributed by atoms with E-state index in [9.17, 15) is 13.2 Å². The number of nitrogens with one attached hydrogen (secondary N) is 2. The predicted molar refractivity (Wildman–Crippen MR) is 119 cm³/mol. The van der Waals surface area contributed by atoms with Gasteiger partial charge in [-0.05, 0) is 37.1 Å². The van der Waals surface area contributed by atoms with Gasteiger partial charge in [0.1, 0.15) is 24.7 Å². The molecule has 3 rings (SSSR count). The van der Waals surface area contributed by atoms with Crippen LogP contribution in [0.15, 0.2) is 41.3 Å². The summed E-state index contributed by atoms with van der Waals surface area (Å²) in [6, 6.07) is 9.72. The number of methoxy groups -OCH3 is 2. The number of benzene rings is 2. The first-order valence-corrected chi connectivity index (χ1v) is 11.8. The van der Waals surface area contributed by atoms with E-state index in [1.807, 2.05) is 0 Å². The van der Waals surface area contributed by atoms with Crippen molar-refractivity contribution in [1.82, 2.24) is 4.72 Å². The average Bonchev–Trinajstić information content (AvgIpc) is 2.81. The Labute approximate surface area is 188 Å². The van der Waals surface area contributed by atoms with Gasteiger partial charge in [-0.1, -0.05) is 6.42 Å². The van der Waals surface area contributed by atoms with Crippen LogP contribution in [0.1, 0.15) is 25.7 Å². The largest absolute Gasteiger partial charge is 0.497 e. The summed E-state index contributed by atoms with van der Waals surface area (Å²) in [7, 11) is -0.557. The standard InChI is InChI=1S/C22H28N2O7S/c1-28-16-7-9-18(20(14-16)29-2)24-22(25)6-4-3-5-11-23-32(26,27)17-8-10-19-21(15-17)31-13-12-30-19/h7-10,14-15,23H,3-6,11-13H2,1-2H3,(H,24,25). The zero-order valence-electron chi connectivity index (χ0n) is 18.2. The van der Waals surface area contributed by atoms with Crippen molar-refractivity contribution in [1.29, 1.82) is 0 Å². The highest BCUT2D eigenvalue weighted by atomic mass is 32.2. The van der Waals surface area contributed by atoms with Gasteiger partial charge in [-0.15, -0.1) is 0 Å². The Morgan fingerprint density at radius 2 is 1.75 bits per heavy atom. The molecule has 0 fully saturated rings. The Hall–Kier alpha value is -2.98. The topological polar surface area (TPSA) is 112 Å². The first kappa shape index (κ1) is 23.7. The van der Waals surface area contributed by atoms with Gasteiger partial charge in [0.2, 0.25) is 15.9 Å². The monoisotopic (exact) mass is 464 g/mol. The van der Waals surface area contributed by atoms with E-state index in [4.69, 9.17) is 18.9 Å². The number of anilines is 1. The normalized spacial score (nSPS) is 12.8. The van der Waals surface area contributed by atoms with E-state index in [1.165, 1.54) is 19.2 Å². The molecule has 0 saturated heterocycles. The van der Waals surface area contributed by atoms with Crippen molar-refractivity contribution in [2.24, 2.45) is 0 Å². The molecule has 32 heavy (non-hydrogen) atoms. The maximum Gasteiger partial charge on any atom is 0.240 e. The van der Waals surface area contributed by atoms with Crippen molar-refractivity contribution in [3.8, 4) is 23.0 Å². The fourth-order valence-electron chi connectivity index (χ4n) is 3.18. The molecule has 0 bridgehead atoms. The number of carbonyl (C=O) groups excluding carboxylic acids is 1. The summed E-state index contributed by atoms with van der Waals surface area (Å²) in [6.45, 7) is 1.12. The van der Waals surface area contributed by atoms with Crippen molar-refractivity contribution < 1.29 is 32.2 Å². The smallest absolute Gasteiger partial charge is 0.240 e. The zero-order valence-corrected chi connectivity index (χ0v) is 19.0. The molecule has 1 amide bonds. The second kappa shape index (κ2) is 11.1. The Bertz CT molecular complexity index is 1040. The molecule has 0 aliphatic carbocycles. The van der Waals surface area contributed by atoms with Gasteiger partial charge in [-0.25, -0.2) is 13.1 Å². The lowest BCUT2D eigenvalue weighted by Gasteiger charge is -2.18. The lowest BCUT2D eigenvalue weighted by Crippen LogP contribution is -2.25. The zero-order chi connectivity index (χ0) is 23.0. The maximum atomic E-state index is 12.5. The summed E-state index contributed by atoms with van der Waals surface area (Å²) in [5, 5.41) is 2.82. The SMILES string of the molecule is COc1ccc(NC(=O)CCCCCNS(=O)(=O)c2ccc3c(c2)OCCO3)c(OC)c1. The quantitative estimate of drug-likeness (QED) is 0.492. The molecular formula is C22H28N2O7S. The van der Waals surface area contributed by atoms with E-state index in [1.54, 1.807) is 31.4 Å². The van der Waals surface area contributed by atoms with Crippen molar-refractivity contribution in [3.63, 3.8) is 0 Å². The van der Waals surface area contributed by atoms with Crippen LogP contribution in [0.25, 0.3) is 0 Å². The molecule has 0 aromatic heterocycles. The lowest BCUT2D eigenvalue weighted by atomic mass is 10.2. The lowest BCUT2D eigenvalue weighted by molar-refractivity contribution is -0.116. The predicted octanol–water partition coefficient (Wildman–Crippen LogP) is 2.95. The maximum absolute atomic E-state index is 12.5. The van der Waals surface area contributed by atoms with Crippen LogP contribution in [-0.4, -0.2) is 48.3 Å². The summed E-state index contributed by atoms with van der Waals surface area (Å²) in [6.07, 6.45) is 2.28. The summed E-state index contributed by atoms with van der Waals surface area (Å²) in [4.78, 5) is 12.3. The number of ether oxygens (including phenoxy) is 4. The van der Waals surface area contributed by atoms with E-state index in [-0.39, 0.29) is 17.3 Å². The van der Waals surface area contributed by atoms with Gasteiger partial charge in [-0.3, -0.25) is 4.79 Å². The minimum absolute atomic E-state index is 0.134. The molecule has 0 spiro atoms. The number of hydrogen-bond donors (Lipinski definition) is 2. The third-order valence-corrected chi connectivity index (χ3v) is 6.34. The molecule has 0 atom stereocenters. The van der Waals surface area contributed by atoms with Crippen LogP contribution >= 0.6 is 0 Å². The first-order chi connectivity index (χ1) is 15.4. The van der Waals surface area contributed by atoms with Gasteiger partial charge in [0.05, 0.1) is 24.8 Å². The molecule has 9 nitrogen and oxygen atoms in total. The van der Waals surface area contributed by atoms with E-state index in [0.717, 1.165) is 0 Å². The Kier molecular flexibility index (Phi) is 8.18. The van der Waals surface area contributed by atoms with Gasteiger partial charge in [0.25, 0.3) is 0 Å². The van der Waals surface area contributed by atoms with Crippen molar-refractivity contribution in [2.45, 2.75) is 30.6 Å². The van der Waals surface area contributed by atoms with E-state index < -0.39 is 10.0 Å². The minimum Gasteiger partial charge on any atom is -0.497 e. The number of sulfonamides is 1. The van der Waals surface area contributed by atoms with Crippen LogP contribution in [0.3, 0.4) is 0 Å². The van der Waals surface area contributed by atoms with Crippen molar-refractivity contribution in [3.05, 3.63) is 36.4 Å². The van der Waals surface area contributed by atoms with Crippen LogP contribution in [0, 0.1) is 0 Å². The fraction of sp³-hybridized carbons (Fsp3) is 0.409. The Balaban J connectivity index is 1.39. The van der Waals surface area contributed by atoms with Gasteiger partial charge in [0.15, 0.2) is 11.5 Å². The fourth-order valence-corrected chi connectivity index (χ4v) is 4.27. The van der Waals surface area contributed by atoms with Crippen LogP contribution < -0.4 is 29.0 Å². The second-order valence-corrected chi connectivity index (χ2v) is 8.90. The Morgan fingerprint density at radius 3 is 2.50 bits per heavy atom. The molecule has 1 aliphatic rings.